The van der Waals surface area contributed by atoms with Crippen LogP contribution in [0.25, 0.3) is 15.9 Å². The first-order valence-electron chi connectivity index (χ1n) is 9.61. The minimum Gasteiger partial charge on any atom is -0.298 e. The van der Waals surface area contributed by atoms with Gasteiger partial charge in [0.2, 0.25) is 0 Å². The molecule has 0 fully saturated rings. The molecule has 0 atom stereocenters. The molecule has 4 rings (SSSR count). The maximum absolute atomic E-state index is 13.6. The van der Waals surface area contributed by atoms with Gasteiger partial charge < -0.3 is 0 Å². The molecular weight excluding hydrogens is 374 g/mol. The van der Waals surface area contributed by atoms with Gasteiger partial charge in [-0.15, -0.1) is 11.3 Å². The van der Waals surface area contributed by atoms with Crippen molar-refractivity contribution in [3.05, 3.63) is 50.6 Å². The van der Waals surface area contributed by atoms with E-state index in [1.807, 2.05) is 16.7 Å². The van der Waals surface area contributed by atoms with Gasteiger partial charge in [-0.3, -0.25) is 14.3 Å². The molecule has 6 heteroatoms. The normalized spacial score (nSPS) is 14.6. The first kappa shape index (κ1) is 18.7. The van der Waals surface area contributed by atoms with Crippen LogP contribution in [0.3, 0.4) is 0 Å². The van der Waals surface area contributed by atoms with E-state index in [1.165, 1.54) is 16.0 Å². The summed E-state index contributed by atoms with van der Waals surface area (Å²) in [4.78, 5) is 23.2. The van der Waals surface area contributed by atoms with E-state index in [4.69, 9.17) is 4.98 Å². The van der Waals surface area contributed by atoms with E-state index in [0.717, 1.165) is 59.3 Å². The van der Waals surface area contributed by atoms with Crippen molar-refractivity contribution < 1.29 is 0 Å². The topological polar surface area (TPSA) is 38.1 Å². The third-order valence-electron chi connectivity index (χ3n) is 5.10. The predicted octanol–water partition coefficient (Wildman–Crippen LogP) is 4.64. The smallest absolute Gasteiger partial charge is 0.267 e. The first-order chi connectivity index (χ1) is 13.1. The molecular formula is C21H25N3OS2. The molecule has 0 amide bonds. The highest BCUT2D eigenvalue weighted by molar-refractivity contribution is 7.99. The second kappa shape index (κ2) is 7.78. The third kappa shape index (κ3) is 3.46. The molecule has 1 aromatic carbocycles. The van der Waals surface area contributed by atoms with Gasteiger partial charge in [-0.05, 0) is 44.0 Å². The Hall–Kier alpha value is -1.63. The maximum Gasteiger partial charge on any atom is 0.267 e. The molecule has 0 saturated heterocycles. The molecule has 0 spiro atoms. The van der Waals surface area contributed by atoms with Crippen LogP contribution in [-0.2, 0) is 13.0 Å². The van der Waals surface area contributed by atoms with Gasteiger partial charge in [0.15, 0.2) is 5.16 Å². The molecule has 27 heavy (non-hydrogen) atoms. The van der Waals surface area contributed by atoms with Crippen molar-refractivity contribution in [2.75, 3.05) is 18.8 Å². The predicted molar refractivity (Wildman–Crippen MR) is 116 cm³/mol. The summed E-state index contributed by atoms with van der Waals surface area (Å²) in [6.45, 7) is 9.42. The monoisotopic (exact) mass is 399 g/mol. The Morgan fingerprint density at radius 1 is 1.22 bits per heavy atom. The summed E-state index contributed by atoms with van der Waals surface area (Å²) in [6.07, 6.45) is 1.99. The molecule has 0 aliphatic carbocycles. The minimum atomic E-state index is 0.0879. The van der Waals surface area contributed by atoms with Crippen LogP contribution in [-0.4, -0.2) is 33.3 Å². The van der Waals surface area contributed by atoms with Gasteiger partial charge in [0.05, 0.1) is 11.1 Å². The van der Waals surface area contributed by atoms with E-state index in [-0.39, 0.29) is 5.56 Å². The molecule has 142 valence electrons. The number of thioether (sulfide) groups is 1. The molecule has 1 aliphatic rings. The highest BCUT2D eigenvalue weighted by atomic mass is 32.2. The molecule has 3 aromatic rings. The van der Waals surface area contributed by atoms with Gasteiger partial charge in [0.25, 0.3) is 5.56 Å². The van der Waals surface area contributed by atoms with Crippen LogP contribution in [0.2, 0.25) is 0 Å². The largest absolute Gasteiger partial charge is 0.298 e. The van der Waals surface area contributed by atoms with Gasteiger partial charge in [0.1, 0.15) is 4.83 Å². The van der Waals surface area contributed by atoms with Crippen LogP contribution in [0.5, 0.6) is 0 Å². The fourth-order valence-corrected chi connectivity index (χ4v) is 5.73. The van der Waals surface area contributed by atoms with Crippen molar-refractivity contribution in [3.63, 3.8) is 0 Å². The zero-order valence-electron chi connectivity index (χ0n) is 16.1. The first-order valence-corrected chi connectivity index (χ1v) is 11.4. The number of aromatic nitrogens is 2. The minimum absolute atomic E-state index is 0.0879. The number of hydrogen-bond donors (Lipinski definition) is 0. The molecule has 1 aliphatic heterocycles. The van der Waals surface area contributed by atoms with E-state index >= 15 is 0 Å². The Kier molecular flexibility index (Phi) is 5.39. The van der Waals surface area contributed by atoms with Crippen molar-refractivity contribution >= 4 is 33.3 Å². The number of rotatable bonds is 5. The second-order valence-corrected chi connectivity index (χ2v) is 9.17. The Morgan fingerprint density at radius 2 is 2.00 bits per heavy atom. The Bertz CT molecular complexity index is 1020. The number of fused-ring (bicyclic) bond motifs is 3. The van der Waals surface area contributed by atoms with E-state index in [9.17, 15) is 4.79 Å². The second-order valence-electron chi connectivity index (χ2n) is 7.02. The number of aryl methyl sites for hydroxylation is 1. The van der Waals surface area contributed by atoms with Gasteiger partial charge >= 0.3 is 0 Å². The number of hydrogen-bond acceptors (Lipinski definition) is 5. The van der Waals surface area contributed by atoms with Gasteiger partial charge in [-0.1, -0.05) is 43.3 Å². The summed E-state index contributed by atoms with van der Waals surface area (Å²) in [7, 11) is 0. The zero-order chi connectivity index (χ0) is 19.0. The lowest BCUT2D eigenvalue weighted by molar-refractivity contribution is 0.272. The van der Waals surface area contributed by atoms with Crippen LogP contribution >= 0.6 is 23.1 Å². The molecule has 0 unspecified atom stereocenters. The number of thiophene rings is 1. The summed E-state index contributed by atoms with van der Waals surface area (Å²) in [5.41, 5.74) is 3.41. The average Bonchev–Trinajstić information content (AvgIpc) is 3.05. The van der Waals surface area contributed by atoms with E-state index in [2.05, 4.69) is 37.8 Å². The van der Waals surface area contributed by atoms with Crippen molar-refractivity contribution in [3.8, 4) is 5.69 Å². The Labute approximate surface area is 168 Å². The summed E-state index contributed by atoms with van der Waals surface area (Å²) in [6, 6.07) is 8.17. The van der Waals surface area contributed by atoms with E-state index in [1.54, 1.807) is 23.1 Å². The lowest BCUT2D eigenvalue weighted by Gasteiger charge is -2.25. The van der Waals surface area contributed by atoms with Crippen LogP contribution < -0.4 is 5.56 Å². The van der Waals surface area contributed by atoms with Gasteiger partial charge in [0, 0.05) is 23.7 Å². The molecule has 3 heterocycles. The molecule has 0 N–H and O–H groups in total. The van der Waals surface area contributed by atoms with Crippen LogP contribution in [0.15, 0.2) is 34.2 Å². The number of likely N-dealkylation sites (N-methyl/N-ethyl adjacent to an activating group) is 1. The summed E-state index contributed by atoms with van der Waals surface area (Å²) >= 11 is 3.38. The number of nitrogens with zero attached hydrogens (tertiary/aromatic N) is 3. The van der Waals surface area contributed by atoms with Crippen LogP contribution in [0.4, 0.5) is 0 Å². The highest BCUT2D eigenvalue weighted by Crippen LogP contribution is 2.34. The van der Waals surface area contributed by atoms with Crippen molar-refractivity contribution in [2.24, 2.45) is 0 Å². The number of benzene rings is 1. The average molecular weight is 400 g/mol. The SMILES string of the molecule is CCCSc1nc2sc3c(c2c(=O)n1-c1ccc(C)cc1)CCN(CC)C3. The quantitative estimate of drug-likeness (QED) is 0.463. The Balaban J connectivity index is 1.93. The fraction of sp³-hybridized carbons (Fsp3) is 0.429. The summed E-state index contributed by atoms with van der Waals surface area (Å²) < 4.78 is 1.82. The van der Waals surface area contributed by atoms with Crippen molar-refractivity contribution in [1.82, 2.24) is 14.5 Å². The highest BCUT2D eigenvalue weighted by Gasteiger charge is 2.25. The van der Waals surface area contributed by atoms with E-state index < -0.39 is 0 Å². The molecule has 0 saturated carbocycles. The molecule has 0 bridgehead atoms. The fourth-order valence-electron chi connectivity index (χ4n) is 3.56. The van der Waals surface area contributed by atoms with Gasteiger partial charge in [-0.25, -0.2) is 4.98 Å². The van der Waals surface area contributed by atoms with Gasteiger partial charge in [-0.2, -0.15) is 0 Å². The maximum atomic E-state index is 13.6. The molecule has 4 nitrogen and oxygen atoms in total. The lowest BCUT2D eigenvalue weighted by atomic mass is 10.1. The van der Waals surface area contributed by atoms with Crippen LogP contribution in [0, 0.1) is 6.92 Å². The Morgan fingerprint density at radius 3 is 2.70 bits per heavy atom. The van der Waals surface area contributed by atoms with Crippen LogP contribution in [0.1, 0.15) is 36.3 Å². The lowest BCUT2D eigenvalue weighted by Crippen LogP contribution is -2.30. The molecule has 0 radical (unpaired) electrons. The third-order valence-corrected chi connectivity index (χ3v) is 7.35. The van der Waals surface area contributed by atoms with E-state index in [0.29, 0.717) is 0 Å². The van der Waals surface area contributed by atoms with Crippen molar-refractivity contribution in [2.45, 2.75) is 45.3 Å². The standard InChI is InChI=1S/C21H25N3OS2/c1-4-12-26-21-22-19-18(16-10-11-23(5-2)13-17(16)27-19)20(25)24(21)15-8-6-14(3)7-9-15/h6-9H,4-5,10-13H2,1-3H3. The zero-order valence-corrected chi connectivity index (χ0v) is 17.8. The summed E-state index contributed by atoms with van der Waals surface area (Å²) in [5.74, 6) is 0.957. The molecule has 2 aromatic heterocycles. The van der Waals surface area contributed by atoms with Crippen molar-refractivity contribution in [1.29, 1.82) is 0 Å². The summed E-state index contributed by atoms with van der Waals surface area (Å²) in [5, 5.41) is 1.65.